The topological polar surface area (TPSA) is 38.3 Å². The molecule has 0 radical (unpaired) electrons. The fourth-order valence-corrected chi connectivity index (χ4v) is 2.07. The van der Waals surface area contributed by atoms with Gasteiger partial charge in [0.1, 0.15) is 12.4 Å². The summed E-state index contributed by atoms with van der Waals surface area (Å²) in [6, 6.07) is 4.76. The molecule has 1 amide bonds. The summed E-state index contributed by atoms with van der Waals surface area (Å²) in [6.07, 6.45) is -0.420. The van der Waals surface area contributed by atoms with E-state index in [0.29, 0.717) is 12.2 Å². The summed E-state index contributed by atoms with van der Waals surface area (Å²) in [7, 11) is 0. The van der Waals surface area contributed by atoms with Gasteiger partial charge in [-0.3, -0.25) is 0 Å². The van der Waals surface area contributed by atoms with Gasteiger partial charge in [0.25, 0.3) is 0 Å². The molecule has 0 unspecified atom stereocenters. The third-order valence-electron chi connectivity index (χ3n) is 3.13. The second kappa shape index (κ2) is 5.14. The molecule has 1 aromatic carbocycles. The first-order valence-corrected chi connectivity index (χ1v) is 5.59. The predicted octanol–water partition coefficient (Wildman–Crippen LogP) is 3.36. The summed E-state index contributed by atoms with van der Waals surface area (Å²) >= 11 is 0. The highest BCUT2D eigenvalue weighted by Gasteiger charge is 2.37. The van der Waals surface area contributed by atoms with E-state index in [1.165, 1.54) is 6.07 Å². The molecule has 0 bridgehead atoms. The van der Waals surface area contributed by atoms with Gasteiger partial charge in [-0.1, -0.05) is 26.0 Å². The van der Waals surface area contributed by atoms with Crippen molar-refractivity contribution in [2.75, 3.05) is 6.61 Å². The van der Waals surface area contributed by atoms with E-state index in [0.717, 1.165) is 5.56 Å². The maximum Gasteiger partial charge on any atom is 0.407 e. The molecule has 1 N–H and O–H groups in total. The van der Waals surface area contributed by atoms with Crippen LogP contribution in [0.4, 0.5) is 9.18 Å². The zero-order chi connectivity index (χ0) is 12.6. The molecule has 1 aliphatic heterocycles. The van der Waals surface area contributed by atoms with Crippen molar-refractivity contribution in [3.8, 4) is 0 Å². The third-order valence-corrected chi connectivity index (χ3v) is 3.13. The highest BCUT2D eigenvalue weighted by Crippen LogP contribution is 2.36. The number of carbonyl (C=O) groups is 1. The van der Waals surface area contributed by atoms with Crippen LogP contribution in [0.3, 0.4) is 0 Å². The van der Waals surface area contributed by atoms with Crippen molar-refractivity contribution in [3.63, 3.8) is 0 Å². The Kier molecular flexibility index (Phi) is 4.22. The third kappa shape index (κ3) is 2.75. The maximum absolute atomic E-state index is 13.2. The minimum Gasteiger partial charge on any atom is -0.449 e. The van der Waals surface area contributed by atoms with Gasteiger partial charge in [0, 0.05) is 5.41 Å². The molecule has 0 saturated carbocycles. The lowest BCUT2D eigenvalue weighted by Crippen LogP contribution is -2.46. The van der Waals surface area contributed by atoms with E-state index >= 15 is 0 Å². The molecule has 0 spiro atoms. The Hall–Kier alpha value is -1.29. The fourth-order valence-electron chi connectivity index (χ4n) is 2.07. The van der Waals surface area contributed by atoms with Crippen LogP contribution in [0.2, 0.25) is 0 Å². The van der Waals surface area contributed by atoms with Crippen LogP contribution in [0, 0.1) is 18.2 Å². The number of carbonyl (C=O) groups excluding carboxylic acids is 1. The molecular formula is C13H17ClFNO2. The van der Waals surface area contributed by atoms with Crippen LogP contribution < -0.4 is 5.32 Å². The molecule has 3 nitrogen and oxygen atoms in total. The molecule has 1 heterocycles. The van der Waals surface area contributed by atoms with E-state index in [2.05, 4.69) is 5.32 Å². The van der Waals surface area contributed by atoms with Crippen LogP contribution in [0.1, 0.15) is 31.0 Å². The van der Waals surface area contributed by atoms with Gasteiger partial charge >= 0.3 is 6.09 Å². The Labute approximate surface area is 112 Å². The number of hydrogen-bond acceptors (Lipinski definition) is 2. The number of amides is 1. The van der Waals surface area contributed by atoms with Crippen molar-refractivity contribution in [1.29, 1.82) is 0 Å². The van der Waals surface area contributed by atoms with Crippen molar-refractivity contribution in [2.45, 2.75) is 26.8 Å². The maximum atomic E-state index is 13.2. The number of cyclic esters (lactones) is 1. The summed E-state index contributed by atoms with van der Waals surface area (Å²) < 4.78 is 18.2. The lowest BCUT2D eigenvalue weighted by molar-refractivity contribution is 0.0387. The quantitative estimate of drug-likeness (QED) is 0.852. The van der Waals surface area contributed by atoms with Crippen molar-refractivity contribution in [1.82, 2.24) is 5.32 Å². The molecule has 0 aromatic heterocycles. The number of halogens is 2. The van der Waals surface area contributed by atoms with E-state index in [1.54, 1.807) is 19.1 Å². The minimum atomic E-state index is -0.420. The molecule has 18 heavy (non-hydrogen) atoms. The van der Waals surface area contributed by atoms with Crippen LogP contribution in [-0.2, 0) is 4.74 Å². The second-order valence-electron chi connectivity index (χ2n) is 5.15. The van der Waals surface area contributed by atoms with Crippen molar-refractivity contribution >= 4 is 18.5 Å². The molecule has 2 rings (SSSR count). The van der Waals surface area contributed by atoms with Gasteiger partial charge in [0.15, 0.2) is 0 Å². The summed E-state index contributed by atoms with van der Waals surface area (Å²) in [6.45, 7) is 6.10. The van der Waals surface area contributed by atoms with Gasteiger partial charge in [-0.15, -0.1) is 12.4 Å². The van der Waals surface area contributed by atoms with Gasteiger partial charge in [-0.25, -0.2) is 9.18 Å². The normalized spacial score (nSPS) is 21.6. The predicted molar refractivity (Wildman–Crippen MR) is 69.4 cm³/mol. The molecule has 100 valence electrons. The Balaban J connectivity index is 0.00000162. The zero-order valence-electron chi connectivity index (χ0n) is 10.6. The smallest absolute Gasteiger partial charge is 0.407 e. The second-order valence-corrected chi connectivity index (χ2v) is 5.15. The summed E-state index contributed by atoms with van der Waals surface area (Å²) in [5, 5.41) is 2.79. The Morgan fingerprint density at radius 3 is 2.72 bits per heavy atom. The molecule has 1 fully saturated rings. The number of nitrogens with one attached hydrogen (secondary N) is 1. The lowest BCUT2D eigenvalue weighted by Gasteiger charge is -2.38. The van der Waals surface area contributed by atoms with E-state index in [1.807, 2.05) is 13.8 Å². The SMILES string of the molecule is Cc1cc([C@H]2NC(=O)OCC2(C)C)ccc1F.Cl. The molecule has 1 aliphatic rings. The monoisotopic (exact) mass is 273 g/mol. The van der Waals surface area contributed by atoms with Crippen molar-refractivity contribution in [2.24, 2.45) is 5.41 Å². The van der Waals surface area contributed by atoms with Crippen LogP contribution in [0.5, 0.6) is 0 Å². The lowest BCUT2D eigenvalue weighted by atomic mass is 9.80. The number of rotatable bonds is 1. The van der Waals surface area contributed by atoms with Crippen LogP contribution in [0.25, 0.3) is 0 Å². The van der Waals surface area contributed by atoms with Gasteiger partial charge in [0.2, 0.25) is 0 Å². The summed E-state index contributed by atoms with van der Waals surface area (Å²) in [5.41, 5.74) is 1.28. The van der Waals surface area contributed by atoms with Crippen molar-refractivity contribution in [3.05, 3.63) is 35.1 Å². The van der Waals surface area contributed by atoms with E-state index in [-0.39, 0.29) is 29.7 Å². The molecule has 5 heteroatoms. The van der Waals surface area contributed by atoms with Gasteiger partial charge in [0.05, 0.1) is 6.04 Å². The van der Waals surface area contributed by atoms with Crippen LogP contribution in [0.15, 0.2) is 18.2 Å². The largest absolute Gasteiger partial charge is 0.449 e. The molecular weight excluding hydrogens is 257 g/mol. The number of ether oxygens (including phenoxy) is 1. The highest BCUT2D eigenvalue weighted by molar-refractivity contribution is 5.85. The van der Waals surface area contributed by atoms with E-state index in [9.17, 15) is 9.18 Å². The first kappa shape index (κ1) is 14.8. The number of benzene rings is 1. The van der Waals surface area contributed by atoms with Crippen LogP contribution in [-0.4, -0.2) is 12.7 Å². The average molecular weight is 274 g/mol. The zero-order valence-corrected chi connectivity index (χ0v) is 11.4. The molecule has 1 atom stereocenters. The summed E-state index contributed by atoms with van der Waals surface area (Å²) in [5.74, 6) is -0.232. The molecule has 1 aromatic rings. The molecule has 1 saturated heterocycles. The number of aryl methyl sites for hydroxylation is 1. The number of hydrogen-bond donors (Lipinski definition) is 1. The Morgan fingerprint density at radius 2 is 2.11 bits per heavy atom. The van der Waals surface area contributed by atoms with Crippen LogP contribution >= 0.6 is 12.4 Å². The van der Waals surface area contributed by atoms with E-state index in [4.69, 9.17) is 4.74 Å². The molecule has 0 aliphatic carbocycles. The fraction of sp³-hybridized carbons (Fsp3) is 0.462. The highest BCUT2D eigenvalue weighted by atomic mass is 35.5. The standard InChI is InChI=1S/C13H16FNO2.ClH/c1-8-6-9(4-5-10(8)14)11-13(2,3)7-17-12(16)15-11;/h4-6,11H,7H2,1-3H3,(H,15,16);1H/t11-;/m1./s1. The number of alkyl carbamates (subject to hydrolysis) is 1. The summed E-state index contributed by atoms with van der Waals surface area (Å²) in [4.78, 5) is 11.3. The average Bonchev–Trinajstić information content (AvgIpc) is 2.26. The van der Waals surface area contributed by atoms with Gasteiger partial charge < -0.3 is 10.1 Å². The Bertz CT molecular complexity index is 462. The first-order chi connectivity index (χ1) is 7.90. The Morgan fingerprint density at radius 1 is 1.44 bits per heavy atom. The van der Waals surface area contributed by atoms with Gasteiger partial charge in [-0.2, -0.15) is 0 Å². The van der Waals surface area contributed by atoms with Crippen molar-refractivity contribution < 1.29 is 13.9 Å². The van der Waals surface area contributed by atoms with Gasteiger partial charge in [-0.05, 0) is 24.1 Å². The minimum absolute atomic E-state index is 0. The van der Waals surface area contributed by atoms with E-state index < -0.39 is 6.09 Å². The first-order valence-electron chi connectivity index (χ1n) is 5.59.